The highest BCUT2D eigenvalue weighted by atomic mass is 19.1. The topological polar surface area (TPSA) is 20.3 Å². The summed E-state index contributed by atoms with van der Waals surface area (Å²) in [4.78, 5) is 13.7. The maximum atomic E-state index is 12.7. The molecular formula is C14H18FNO. The molecule has 1 fully saturated rings. The van der Waals surface area contributed by atoms with E-state index in [0.29, 0.717) is 12.2 Å². The van der Waals surface area contributed by atoms with Crippen molar-refractivity contribution < 1.29 is 9.18 Å². The minimum absolute atomic E-state index is 0.164. The molecule has 1 aromatic carbocycles. The third-order valence-electron chi connectivity index (χ3n) is 3.39. The van der Waals surface area contributed by atoms with Crippen LogP contribution in [0, 0.1) is 11.7 Å². The molecule has 1 heterocycles. The first kappa shape index (κ1) is 12.2. The summed E-state index contributed by atoms with van der Waals surface area (Å²) in [5, 5.41) is 0. The summed E-state index contributed by atoms with van der Waals surface area (Å²) in [7, 11) is 0. The van der Waals surface area contributed by atoms with E-state index in [9.17, 15) is 9.18 Å². The van der Waals surface area contributed by atoms with Crippen LogP contribution in [0.25, 0.3) is 0 Å². The second kappa shape index (κ2) is 5.41. The molecule has 92 valence electrons. The Morgan fingerprint density at radius 3 is 2.71 bits per heavy atom. The van der Waals surface area contributed by atoms with Gasteiger partial charge < -0.3 is 4.90 Å². The van der Waals surface area contributed by atoms with E-state index >= 15 is 0 Å². The molecule has 0 amide bonds. The normalized spacial score (nSPS) is 21.8. The zero-order valence-electron chi connectivity index (χ0n) is 10.2. The molecule has 0 radical (unpaired) electrons. The fourth-order valence-electron chi connectivity index (χ4n) is 2.24. The summed E-state index contributed by atoms with van der Waals surface area (Å²) in [6.07, 6.45) is 1.59. The molecule has 0 N–H and O–H groups in total. The molecule has 2 nitrogen and oxygen atoms in total. The second-order valence-corrected chi connectivity index (χ2v) is 4.79. The second-order valence-electron chi connectivity index (χ2n) is 4.79. The number of likely N-dealkylation sites (tertiary alicyclic amines) is 1. The third-order valence-corrected chi connectivity index (χ3v) is 3.39. The van der Waals surface area contributed by atoms with E-state index in [2.05, 4.69) is 4.90 Å². The standard InChI is InChI=1S/C14H18FNO/c1-11-10-16(9-7-14(11)17)8-6-12-2-4-13(15)5-3-12/h2-5,11H,6-10H2,1H3. The van der Waals surface area contributed by atoms with Gasteiger partial charge in [0.1, 0.15) is 11.6 Å². The van der Waals surface area contributed by atoms with Crippen LogP contribution >= 0.6 is 0 Å². The van der Waals surface area contributed by atoms with Gasteiger partial charge in [0.05, 0.1) is 0 Å². The van der Waals surface area contributed by atoms with Crippen LogP contribution in [0.5, 0.6) is 0 Å². The SMILES string of the molecule is CC1CN(CCc2ccc(F)cc2)CCC1=O. The fourth-order valence-corrected chi connectivity index (χ4v) is 2.24. The van der Waals surface area contributed by atoms with Gasteiger partial charge in [0.2, 0.25) is 0 Å². The first-order chi connectivity index (χ1) is 8.15. The van der Waals surface area contributed by atoms with Gasteiger partial charge in [-0.1, -0.05) is 19.1 Å². The van der Waals surface area contributed by atoms with Crippen molar-refractivity contribution in [3.63, 3.8) is 0 Å². The summed E-state index contributed by atoms with van der Waals surface area (Å²) in [6.45, 7) is 4.67. The van der Waals surface area contributed by atoms with Crippen molar-refractivity contribution in [1.82, 2.24) is 4.90 Å². The number of halogens is 1. The Morgan fingerprint density at radius 2 is 2.06 bits per heavy atom. The highest BCUT2D eigenvalue weighted by Gasteiger charge is 2.22. The molecule has 0 bridgehead atoms. The number of carbonyl (C=O) groups excluding carboxylic acids is 1. The lowest BCUT2D eigenvalue weighted by molar-refractivity contribution is -0.125. The van der Waals surface area contributed by atoms with Gasteiger partial charge in [-0.3, -0.25) is 4.79 Å². The molecule has 17 heavy (non-hydrogen) atoms. The number of hydrogen-bond donors (Lipinski definition) is 0. The number of ketones is 1. The summed E-state index contributed by atoms with van der Waals surface area (Å²) < 4.78 is 12.7. The van der Waals surface area contributed by atoms with E-state index in [0.717, 1.165) is 31.6 Å². The Balaban J connectivity index is 1.82. The van der Waals surface area contributed by atoms with E-state index in [4.69, 9.17) is 0 Å². The number of nitrogens with zero attached hydrogens (tertiary/aromatic N) is 1. The molecule has 2 rings (SSSR count). The Hall–Kier alpha value is -1.22. The van der Waals surface area contributed by atoms with Crippen molar-refractivity contribution in [2.45, 2.75) is 19.8 Å². The Morgan fingerprint density at radius 1 is 1.35 bits per heavy atom. The number of hydrogen-bond acceptors (Lipinski definition) is 2. The van der Waals surface area contributed by atoms with Crippen molar-refractivity contribution in [1.29, 1.82) is 0 Å². The summed E-state index contributed by atoms with van der Waals surface area (Å²) in [5.41, 5.74) is 1.15. The third kappa shape index (κ3) is 3.37. The highest BCUT2D eigenvalue weighted by molar-refractivity contribution is 5.81. The molecule has 0 aliphatic carbocycles. The first-order valence-electron chi connectivity index (χ1n) is 6.14. The molecule has 1 unspecified atom stereocenters. The molecule has 0 aromatic heterocycles. The van der Waals surface area contributed by atoms with Gasteiger partial charge in [0.15, 0.2) is 0 Å². The van der Waals surface area contributed by atoms with E-state index < -0.39 is 0 Å². The van der Waals surface area contributed by atoms with Gasteiger partial charge in [-0.2, -0.15) is 0 Å². The molecule has 1 aromatic rings. The largest absolute Gasteiger partial charge is 0.302 e. The van der Waals surface area contributed by atoms with Gasteiger partial charge in [-0.25, -0.2) is 4.39 Å². The van der Waals surface area contributed by atoms with E-state index in [1.54, 1.807) is 0 Å². The Bertz CT molecular complexity index is 388. The number of rotatable bonds is 3. The molecular weight excluding hydrogens is 217 g/mol. The van der Waals surface area contributed by atoms with Crippen LogP contribution in [0.2, 0.25) is 0 Å². The lowest BCUT2D eigenvalue weighted by Crippen LogP contribution is -2.40. The molecule has 3 heteroatoms. The molecule has 1 aliphatic heterocycles. The van der Waals surface area contributed by atoms with Crippen molar-refractivity contribution in [2.75, 3.05) is 19.6 Å². The van der Waals surface area contributed by atoms with Crippen molar-refractivity contribution in [3.05, 3.63) is 35.6 Å². The van der Waals surface area contributed by atoms with Gasteiger partial charge in [0, 0.05) is 32.0 Å². The maximum Gasteiger partial charge on any atom is 0.138 e. The zero-order valence-corrected chi connectivity index (χ0v) is 10.2. The van der Waals surface area contributed by atoms with E-state index in [1.165, 1.54) is 12.1 Å². The smallest absolute Gasteiger partial charge is 0.138 e. The summed E-state index contributed by atoms with van der Waals surface area (Å²) in [5.74, 6) is 0.353. The lowest BCUT2D eigenvalue weighted by atomic mass is 9.98. The van der Waals surface area contributed by atoms with Crippen LogP contribution in [0.4, 0.5) is 4.39 Å². The number of Topliss-reactive ketones (excluding diaryl/α,β-unsaturated/α-hetero) is 1. The zero-order chi connectivity index (χ0) is 12.3. The minimum Gasteiger partial charge on any atom is -0.302 e. The lowest BCUT2D eigenvalue weighted by Gasteiger charge is -2.29. The van der Waals surface area contributed by atoms with Gasteiger partial charge in [-0.05, 0) is 24.1 Å². The summed E-state index contributed by atoms with van der Waals surface area (Å²) >= 11 is 0. The number of carbonyl (C=O) groups is 1. The number of benzene rings is 1. The van der Waals surface area contributed by atoms with Crippen LogP contribution < -0.4 is 0 Å². The predicted octanol–water partition coefficient (Wildman–Crippen LogP) is 2.28. The van der Waals surface area contributed by atoms with Crippen molar-refractivity contribution >= 4 is 5.78 Å². The molecule has 0 saturated carbocycles. The van der Waals surface area contributed by atoms with Crippen LogP contribution in [0.3, 0.4) is 0 Å². The van der Waals surface area contributed by atoms with Crippen LogP contribution in [0.15, 0.2) is 24.3 Å². The highest BCUT2D eigenvalue weighted by Crippen LogP contribution is 2.13. The molecule has 1 aliphatic rings. The average molecular weight is 235 g/mol. The van der Waals surface area contributed by atoms with Gasteiger partial charge in [0.25, 0.3) is 0 Å². The Labute approximate surface area is 101 Å². The van der Waals surface area contributed by atoms with Crippen LogP contribution in [0.1, 0.15) is 18.9 Å². The monoisotopic (exact) mass is 235 g/mol. The fraction of sp³-hybridized carbons (Fsp3) is 0.500. The van der Waals surface area contributed by atoms with E-state index in [-0.39, 0.29) is 11.7 Å². The minimum atomic E-state index is -0.189. The van der Waals surface area contributed by atoms with Crippen molar-refractivity contribution in [2.24, 2.45) is 5.92 Å². The summed E-state index contributed by atoms with van der Waals surface area (Å²) in [6, 6.07) is 6.65. The quantitative estimate of drug-likeness (QED) is 0.801. The van der Waals surface area contributed by atoms with Crippen LogP contribution in [-0.4, -0.2) is 30.3 Å². The Kier molecular flexibility index (Phi) is 3.89. The van der Waals surface area contributed by atoms with Crippen molar-refractivity contribution in [3.8, 4) is 0 Å². The van der Waals surface area contributed by atoms with Gasteiger partial charge in [-0.15, -0.1) is 0 Å². The molecule has 1 atom stereocenters. The average Bonchev–Trinajstić information content (AvgIpc) is 2.33. The molecule has 0 spiro atoms. The van der Waals surface area contributed by atoms with Crippen LogP contribution in [-0.2, 0) is 11.2 Å². The predicted molar refractivity (Wildman–Crippen MR) is 65.3 cm³/mol. The van der Waals surface area contributed by atoms with E-state index in [1.807, 2.05) is 19.1 Å². The number of piperidine rings is 1. The first-order valence-corrected chi connectivity index (χ1v) is 6.14. The molecule has 1 saturated heterocycles. The maximum absolute atomic E-state index is 12.7. The van der Waals surface area contributed by atoms with Gasteiger partial charge >= 0.3 is 0 Å².